The maximum atomic E-state index is 2.49. The van der Waals surface area contributed by atoms with Crippen molar-refractivity contribution in [3.63, 3.8) is 0 Å². The molecule has 0 bridgehead atoms. The van der Waals surface area contributed by atoms with Gasteiger partial charge < -0.3 is 4.90 Å². The number of hydrogen-bond donors (Lipinski definition) is 0. The Morgan fingerprint density at radius 1 is 0.338 bits per heavy atom. The van der Waals surface area contributed by atoms with E-state index in [0.29, 0.717) is 0 Å². The predicted octanol–water partition coefficient (Wildman–Crippen LogP) is 17.6. The van der Waals surface area contributed by atoms with E-state index in [1.807, 2.05) is 0 Å². The second-order valence-corrected chi connectivity index (χ2v) is 18.9. The summed E-state index contributed by atoms with van der Waals surface area (Å²) in [6, 6.07) is 87.4. The molecule has 1 aliphatic carbocycles. The lowest BCUT2D eigenvalue weighted by Crippen LogP contribution is -2.16. The van der Waals surface area contributed by atoms with E-state index in [1.54, 1.807) is 0 Å². The SMILES string of the molecule is CC1(C)c2ccccc2-c2ccc(N(c3ccc(-c4ccccc4)cc3)c3ccc(-c4c5ccccc5n5c6ccccc6n(-c6ccc7c8ccccc8c8ccccc8c7c6)c45)cc3)cc21. The highest BCUT2D eigenvalue weighted by Gasteiger charge is 2.36. The minimum Gasteiger partial charge on any atom is -0.310 e. The molecule has 1 aliphatic rings. The van der Waals surface area contributed by atoms with Crippen molar-refractivity contribution in [3.05, 3.63) is 248 Å². The molecule has 2 heterocycles. The summed E-state index contributed by atoms with van der Waals surface area (Å²) in [7, 11) is 0. The summed E-state index contributed by atoms with van der Waals surface area (Å²) in [6.45, 7) is 4.72. The zero-order valence-electron chi connectivity index (χ0n) is 37.9. The Morgan fingerprint density at radius 3 is 1.53 bits per heavy atom. The van der Waals surface area contributed by atoms with Crippen LogP contribution in [0, 0.1) is 0 Å². The number of hydrogen-bond acceptors (Lipinski definition) is 1. The van der Waals surface area contributed by atoms with E-state index >= 15 is 0 Å². The van der Waals surface area contributed by atoms with Crippen molar-refractivity contribution >= 4 is 77.0 Å². The van der Waals surface area contributed by atoms with Crippen LogP contribution >= 0.6 is 0 Å². The van der Waals surface area contributed by atoms with Crippen LogP contribution in [0.15, 0.2) is 237 Å². The highest BCUT2D eigenvalue weighted by molar-refractivity contribution is 6.25. The fourth-order valence-corrected chi connectivity index (χ4v) is 11.7. The summed E-state index contributed by atoms with van der Waals surface area (Å²) < 4.78 is 4.97. The van der Waals surface area contributed by atoms with Crippen molar-refractivity contribution in [2.45, 2.75) is 19.3 Å². The number of fused-ring (bicyclic) bond motifs is 14. The van der Waals surface area contributed by atoms with Crippen LogP contribution in [0.2, 0.25) is 0 Å². The Morgan fingerprint density at radius 2 is 0.838 bits per heavy atom. The molecule has 3 nitrogen and oxygen atoms in total. The first kappa shape index (κ1) is 38.6. The van der Waals surface area contributed by atoms with Crippen LogP contribution in [0.25, 0.3) is 99.0 Å². The number of anilines is 3. The topological polar surface area (TPSA) is 12.6 Å². The molecule has 0 amide bonds. The molecule has 0 fully saturated rings. The number of nitrogens with zero attached hydrogens (tertiary/aromatic N) is 3. The smallest absolute Gasteiger partial charge is 0.131 e. The fraction of sp³-hybridized carbons (Fsp3) is 0.0462. The van der Waals surface area contributed by atoms with Crippen molar-refractivity contribution in [2.24, 2.45) is 0 Å². The highest BCUT2D eigenvalue weighted by atomic mass is 15.1. The summed E-state index contributed by atoms with van der Waals surface area (Å²) >= 11 is 0. The average molecular weight is 868 g/mol. The van der Waals surface area contributed by atoms with E-state index < -0.39 is 0 Å². The van der Waals surface area contributed by atoms with Crippen LogP contribution in [0.5, 0.6) is 0 Å². The monoisotopic (exact) mass is 867 g/mol. The van der Waals surface area contributed by atoms with Gasteiger partial charge in [-0.3, -0.25) is 8.97 Å². The van der Waals surface area contributed by atoms with Gasteiger partial charge in [-0.05, 0) is 138 Å². The molecule has 0 spiro atoms. The first-order valence-electron chi connectivity index (χ1n) is 23.7. The van der Waals surface area contributed by atoms with E-state index in [9.17, 15) is 0 Å². The summed E-state index contributed by atoms with van der Waals surface area (Å²) in [6.07, 6.45) is 0. The van der Waals surface area contributed by atoms with Gasteiger partial charge in [-0.25, -0.2) is 0 Å². The summed E-state index contributed by atoms with van der Waals surface area (Å²) in [5.41, 5.74) is 19.2. The van der Waals surface area contributed by atoms with E-state index in [-0.39, 0.29) is 5.41 Å². The number of para-hydroxylation sites is 3. The van der Waals surface area contributed by atoms with Gasteiger partial charge in [0.05, 0.1) is 16.6 Å². The molecule has 3 heteroatoms. The lowest BCUT2D eigenvalue weighted by atomic mass is 9.82. The molecule has 0 unspecified atom stereocenters. The normalized spacial score (nSPS) is 13.0. The van der Waals surface area contributed by atoms with Gasteiger partial charge in [-0.2, -0.15) is 0 Å². The number of aromatic nitrogens is 2. The first-order chi connectivity index (χ1) is 33.5. The van der Waals surface area contributed by atoms with Gasteiger partial charge in [0.25, 0.3) is 0 Å². The molecule has 0 saturated carbocycles. The van der Waals surface area contributed by atoms with Gasteiger partial charge in [0.15, 0.2) is 0 Å². The minimum absolute atomic E-state index is 0.124. The van der Waals surface area contributed by atoms with E-state index in [2.05, 4.69) is 264 Å². The Balaban J connectivity index is 0.965. The molecule has 0 aliphatic heterocycles. The number of benzene rings is 11. The second-order valence-electron chi connectivity index (χ2n) is 18.9. The van der Waals surface area contributed by atoms with Crippen LogP contribution in [0.4, 0.5) is 17.1 Å². The van der Waals surface area contributed by atoms with Gasteiger partial charge in [-0.15, -0.1) is 0 Å². The lowest BCUT2D eigenvalue weighted by Gasteiger charge is -2.28. The van der Waals surface area contributed by atoms with Gasteiger partial charge >= 0.3 is 0 Å². The highest BCUT2D eigenvalue weighted by Crippen LogP contribution is 2.51. The van der Waals surface area contributed by atoms with Gasteiger partial charge in [0, 0.05) is 39.1 Å². The molecule has 11 aromatic carbocycles. The Bertz CT molecular complexity index is 4120. The van der Waals surface area contributed by atoms with Crippen LogP contribution in [0.3, 0.4) is 0 Å². The summed E-state index contributed by atoms with van der Waals surface area (Å²) in [4.78, 5) is 2.42. The quantitative estimate of drug-likeness (QED) is 0.152. The van der Waals surface area contributed by atoms with E-state index in [1.165, 1.54) is 98.8 Å². The van der Waals surface area contributed by atoms with Crippen LogP contribution < -0.4 is 4.90 Å². The van der Waals surface area contributed by atoms with Crippen molar-refractivity contribution in [1.29, 1.82) is 0 Å². The van der Waals surface area contributed by atoms with Crippen molar-refractivity contribution in [3.8, 4) is 39.1 Å². The Labute approximate surface area is 395 Å². The zero-order valence-corrected chi connectivity index (χ0v) is 37.9. The summed E-state index contributed by atoms with van der Waals surface area (Å²) in [5, 5.41) is 8.85. The van der Waals surface area contributed by atoms with Crippen molar-refractivity contribution in [2.75, 3.05) is 4.90 Å². The number of imidazole rings is 1. The molecule has 0 atom stereocenters. The lowest BCUT2D eigenvalue weighted by molar-refractivity contribution is 0.660. The van der Waals surface area contributed by atoms with Gasteiger partial charge in [0.2, 0.25) is 0 Å². The summed E-state index contributed by atoms with van der Waals surface area (Å²) in [5.74, 6) is 0. The van der Waals surface area contributed by atoms with Crippen LogP contribution in [-0.4, -0.2) is 8.97 Å². The maximum absolute atomic E-state index is 2.49. The molecular weight excluding hydrogens is 823 g/mol. The third-order valence-corrected chi connectivity index (χ3v) is 14.9. The molecule has 13 aromatic rings. The number of rotatable bonds is 6. The van der Waals surface area contributed by atoms with Crippen LogP contribution in [-0.2, 0) is 5.41 Å². The molecule has 68 heavy (non-hydrogen) atoms. The van der Waals surface area contributed by atoms with Crippen molar-refractivity contribution < 1.29 is 0 Å². The fourth-order valence-electron chi connectivity index (χ4n) is 11.7. The Hall–Kier alpha value is -8.66. The maximum Gasteiger partial charge on any atom is 0.131 e. The molecule has 0 N–H and O–H groups in total. The molecule has 320 valence electrons. The van der Waals surface area contributed by atoms with Gasteiger partial charge in [0.1, 0.15) is 5.65 Å². The second kappa shape index (κ2) is 14.7. The molecule has 0 radical (unpaired) electrons. The zero-order chi connectivity index (χ0) is 45.1. The van der Waals surface area contributed by atoms with E-state index in [4.69, 9.17) is 0 Å². The van der Waals surface area contributed by atoms with Crippen LogP contribution in [0.1, 0.15) is 25.0 Å². The standard InChI is InChI=1S/C65H45N3/c1-65(2)58-24-12-10-22-54(58)55-39-37-48(41-59(55)65)66(45-32-28-43(29-33-45)42-16-4-3-5-17-42)46-34-30-44(31-35-46)63-56-23-11-13-25-60(56)68-62-27-15-14-26-61(62)67(64(63)68)47-36-38-53-51-20-7-6-18-49(51)50-19-8-9-21-52(50)57(53)40-47/h3-41H,1-2H3. The predicted molar refractivity (Wildman–Crippen MR) is 287 cm³/mol. The van der Waals surface area contributed by atoms with E-state index in [0.717, 1.165) is 28.4 Å². The molecular formula is C65H45N3. The first-order valence-corrected chi connectivity index (χ1v) is 23.7. The van der Waals surface area contributed by atoms with Crippen molar-refractivity contribution in [1.82, 2.24) is 8.97 Å². The molecule has 2 aromatic heterocycles. The third kappa shape index (κ3) is 5.60. The average Bonchev–Trinajstić information content (AvgIpc) is 4.00. The third-order valence-electron chi connectivity index (χ3n) is 14.9. The Kier molecular flexibility index (Phi) is 8.33. The molecule has 14 rings (SSSR count). The molecule has 0 saturated heterocycles. The largest absolute Gasteiger partial charge is 0.310 e. The van der Waals surface area contributed by atoms with Gasteiger partial charge in [-0.1, -0.05) is 184 Å². The minimum atomic E-state index is -0.124.